The van der Waals surface area contributed by atoms with E-state index in [1.54, 1.807) is 0 Å². The molecule has 1 heterocycles. The number of rotatable bonds is 2. The van der Waals surface area contributed by atoms with Crippen molar-refractivity contribution >= 4 is 0 Å². The Hall–Kier alpha value is -0.860. The monoisotopic (exact) mass is 192 g/mol. The molecule has 1 aromatic rings. The summed E-state index contributed by atoms with van der Waals surface area (Å²) in [6.45, 7) is 3.40. The summed E-state index contributed by atoms with van der Waals surface area (Å²) in [6, 6.07) is 8.67. The molecule has 1 saturated heterocycles. The number of hydrogen-bond donors (Lipinski definition) is 0. The molecular formula is C12H16O2. The van der Waals surface area contributed by atoms with Gasteiger partial charge in [-0.25, -0.2) is 0 Å². The van der Waals surface area contributed by atoms with Gasteiger partial charge in [-0.1, -0.05) is 31.2 Å². The van der Waals surface area contributed by atoms with E-state index in [1.807, 2.05) is 0 Å². The topological polar surface area (TPSA) is 18.5 Å². The Labute approximate surface area is 84.8 Å². The van der Waals surface area contributed by atoms with Crippen LogP contribution in [0.2, 0.25) is 0 Å². The molecule has 0 aromatic heterocycles. The molecule has 76 valence electrons. The predicted molar refractivity (Wildman–Crippen MR) is 55.1 cm³/mol. The van der Waals surface area contributed by atoms with Crippen molar-refractivity contribution in [3.8, 4) is 0 Å². The highest BCUT2D eigenvalue weighted by atomic mass is 16.7. The van der Waals surface area contributed by atoms with E-state index in [0.717, 1.165) is 19.4 Å². The van der Waals surface area contributed by atoms with Crippen LogP contribution in [-0.2, 0) is 15.9 Å². The molecule has 0 amide bonds. The zero-order valence-corrected chi connectivity index (χ0v) is 8.53. The maximum Gasteiger partial charge on any atom is 0.147 e. The second kappa shape index (κ2) is 4.58. The highest BCUT2D eigenvalue weighted by molar-refractivity contribution is 5.24. The summed E-state index contributed by atoms with van der Waals surface area (Å²) in [4.78, 5) is 0. The molecule has 0 spiro atoms. The minimum Gasteiger partial charge on any atom is -0.355 e. The van der Waals surface area contributed by atoms with Crippen LogP contribution in [0.5, 0.6) is 0 Å². The Bertz CT molecular complexity index is 273. The Morgan fingerprint density at radius 3 is 2.64 bits per heavy atom. The molecule has 2 rings (SSSR count). The quantitative estimate of drug-likeness (QED) is 0.717. The zero-order chi connectivity index (χ0) is 9.80. The van der Waals surface area contributed by atoms with Crippen LogP contribution in [-0.4, -0.2) is 13.4 Å². The van der Waals surface area contributed by atoms with E-state index in [9.17, 15) is 0 Å². The van der Waals surface area contributed by atoms with E-state index in [-0.39, 0.29) is 6.10 Å². The lowest BCUT2D eigenvalue weighted by molar-refractivity contribution is -0.140. The SMILES string of the molecule is CCc1ccc(C2CCOCO2)cc1. The summed E-state index contributed by atoms with van der Waals surface area (Å²) in [7, 11) is 0. The molecule has 0 saturated carbocycles. The highest BCUT2D eigenvalue weighted by Gasteiger charge is 2.15. The average molecular weight is 192 g/mol. The number of hydrogen-bond acceptors (Lipinski definition) is 2. The second-order valence-corrected chi connectivity index (χ2v) is 3.57. The maximum atomic E-state index is 5.52. The van der Waals surface area contributed by atoms with Crippen molar-refractivity contribution in [3.05, 3.63) is 35.4 Å². The third-order valence-corrected chi connectivity index (χ3v) is 2.64. The van der Waals surface area contributed by atoms with Gasteiger partial charge in [-0.05, 0) is 17.5 Å². The third kappa shape index (κ3) is 2.14. The molecule has 0 N–H and O–H groups in total. The fraction of sp³-hybridized carbons (Fsp3) is 0.500. The van der Waals surface area contributed by atoms with Gasteiger partial charge in [0, 0.05) is 6.42 Å². The fourth-order valence-corrected chi connectivity index (χ4v) is 1.69. The van der Waals surface area contributed by atoms with Crippen molar-refractivity contribution in [2.45, 2.75) is 25.9 Å². The van der Waals surface area contributed by atoms with E-state index >= 15 is 0 Å². The summed E-state index contributed by atoms with van der Waals surface area (Å²) in [5.74, 6) is 0. The van der Waals surface area contributed by atoms with Crippen molar-refractivity contribution in [1.82, 2.24) is 0 Å². The second-order valence-electron chi connectivity index (χ2n) is 3.57. The van der Waals surface area contributed by atoms with Gasteiger partial charge in [-0.2, -0.15) is 0 Å². The van der Waals surface area contributed by atoms with Crippen LogP contribution in [0.3, 0.4) is 0 Å². The van der Waals surface area contributed by atoms with Gasteiger partial charge in [0.1, 0.15) is 6.79 Å². The molecule has 0 aliphatic carbocycles. The van der Waals surface area contributed by atoms with Gasteiger partial charge in [-0.3, -0.25) is 0 Å². The Morgan fingerprint density at radius 2 is 2.07 bits per heavy atom. The lowest BCUT2D eigenvalue weighted by atomic mass is 10.0. The van der Waals surface area contributed by atoms with Crippen molar-refractivity contribution in [2.24, 2.45) is 0 Å². The summed E-state index contributed by atoms with van der Waals surface area (Å²) in [5, 5.41) is 0. The number of ether oxygens (including phenoxy) is 2. The largest absolute Gasteiger partial charge is 0.355 e. The van der Waals surface area contributed by atoms with Crippen LogP contribution in [0.1, 0.15) is 30.6 Å². The van der Waals surface area contributed by atoms with Crippen molar-refractivity contribution in [2.75, 3.05) is 13.4 Å². The number of aryl methyl sites for hydroxylation is 1. The zero-order valence-electron chi connectivity index (χ0n) is 8.53. The molecule has 1 atom stereocenters. The molecule has 0 bridgehead atoms. The van der Waals surface area contributed by atoms with E-state index in [4.69, 9.17) is 9.47 Å². The molecule has 1 unspecified atom stereocenters. The minimum atomic E-state index is 0.231. The Kier molecular flexibility index (Phi) is 3.17. The highest BCUT2D eigenvalue weighted by Crippen LogP contribution is 2.24. The standard InChI is InChI=1S/C12H16O2/c1-2-10-3-5-11(6-4-10)12-7-8-13-9-14-12/h3-6,12H,2,7-9H2,1H3. The van der Waals surface area contributed by atoms with E-state index in [0.29, 0.717) is 6.79 Å². The van der Waals surface area contributed by atoms with Crippen molar-refractivity contribution in [1.29, 1.82) is 0 Å². The van der Waals surface area contributed by atoms with Crippen LogP contribution >= 0.6 is 0 Å². The van der Waals surface area contributed by atoms with Gasteiger partial charge >= 0.3 is 0 Å². The first-order valence-electron chi connectivity index (χ1n) is 5.18. The summed E-state index contributed by atoms with van der Waals surface area (Å²) >= 11 is 0. The van der Waals surface area contributed by atoms with Crippen LogP contribution in [0.25, 0.3) is 0 Å². The molecule has 2 nitrogen and oxygen atoms in total. The molecular weight excluding hydrogens is 176 g/mol. The lowest BCUT2D eigenvalue weighted by Gasteiger charge is -2.23. The first-order chi connectivity index (χ1) is 6.90. The van der Waals surface area contributed by atoms with E-state index < -0.39 is 0 Å². The summed E-state index contributed by atoms with van der Waals surface area (Å²) in [6.07, 6.45) is 2.29. The van der Waals surface area contributed by atoms with Crippen LogP contribution in [0.15, 0.2) is 24.3 Å². The third-order valence-electron chi connectivity index (χ3n) is 2.64. The molecule has 1 aliphatic heterocycles. The van der Waals surface area contributed by atoms with Gasteiger partial charge in [-0.15, -0.1) is 0 Å². The number of benzene rings is 1. The molecule has 1 aromatic carbocycles. The Balaban J connectivity index is 2.07. The molecule has 14 heavy (non-hydrogen) atoms. The normalized spacial score (nSPS) is 22.2. The Morgan fingerprint density at radius 1 is 1.29 bits per heavy atom. The van der Waals surface area contributed by atoms with Crippen molar-refractivity contribution < 1.29 is 9.47 Å². The first-order valence-corrected chi connectivity index (χ1v) is 5.18. The van der Waals surface area contributed by atoms with Gasteiger partial charge < -0.3 is 9.47 Å². The van der Waals surface area contributed by atoms with Gasteiger partial charge in [0.2, 0.25) is 0 Å². The molecule has 0 radical (unpaired) electrons. The van der Waals surface area contributed by atoms with E-state index in [1.165, 1.54) is 11.1 Å². The molecule has 1 aliphatic rings. The minimum absolute atomic E-state index is 0.231. The summed E-state index contributed by atoms with van der Waals surface area (Å²) < 4.78 is 10.7. The van der Waals surface area contributed by atoms with Crippen LogP contribution in [0, 0.1) is 0 Å². The average Bonchev–Trinajstić information content (AvgIpc) is 2.30. The molecule has 1 fully saturated rings. The van der Waals surface area contributed by atoms with Crippen LogP contribution < -0.4 is 0 Å². The maximum absolute atomic E-state index is 5.52. The van der Waals surface area contributed by atoms with Crippen molar-refractivity contribution in [3.63, 3.8) is 0 Å². The van der Waals surface area contributed by atoms with Gasteiger partial charge in [0.05, 0.1) is 12.7 Å². The summed E-state index contributed by atoms with van der Waals surface area (Å²) in [5.41, 5.74) is 2.64. The fourth-order valence-electron chi connectivity index (χ4n) is 1.69. The molecule has 2 heteroatoms. The smallest absolute Gasteiger partial charge is 0.147 e. The van der Waals surface area contributed by atoms with Gasteiger partial charge in [0.15, 0.2) is 0 Å². The van der Waals surface area contributed by atoms with Gasteiger partial charge in [0.25, 0.3) is 0 Å². The lowest BCUT2D eigenvalue weighted by Crippen LogP contribution is -2.16. The predicted octanol–water partition coefficient (Wildman–Crippen LogP) is 2.68. The first kappa shape index (κ1) is 9.69. The van der Waals surface area contributed by atoms with E-state index in [2.05, 4.69) is 31.2 Å². The van der Waals surface area contributed by atoms with Crippen LogP contribution in [0.4, 0.5) is 0 Å².